The Labute approximate surface area is 111 Å². The van der Waals surface area contributed by atoms with Gasteiger partial charge in [0.15, 0.2) is 0 Å². The number of anilines is 1. The average Bonchev–Trinajstić information content (AvgIpc) is 2.53. The van der Waals surface area contributed by atoms with Crippen LogP contribution in [-0.2, 0) is 11.3 Å². The quantitative estimate of drug-likeness (QED) is 0.911. The SMILES string of the molecule is CC1CN(c2ccc(CO)cc2Br)CCCO1. The molecule has 1 aromatic carbocycles. The summed E-state index contributed by atoms with van der Waals surface area (Å²) in [4.78, 5) is 2.34. The maximum absolute atomic E-state index is 9.10. The smallest absolute Gasteiger partial charge is 0.0721 e. The van der Waals surface area contributed by atoms with Gasteiger partial charge < -0.3 is 14.7 Å². The summed E-state index contributed by atoms with van der Waals surface area (Å²) < 4.78 is 6.68. The minimum Gasteiger partial charge on any atom is -0.392 e. The molecule has 0 saturated carbocycles. The Kier molecular flexibility index (Phi) is 4.42. The van der Waals surface area contributed by atoms with Gasteiger partial charge >= 0.3 is 0 Å². The van der Waals surface area contributed by atoms with Crippen molar-refractivity contribution in [3.63, 3.8) is 0 Å². The molecule has 17 heavy (non-hydrogen) atoms. The van der Waals surface area contributed by atoms with Gasteiger partial charge in [0.1, 0.15) is 0 Å². The lowest BCUT2D eigenvalue weighted by molar-refractivity contribution is 0.0821. The third kappa shape index (κ3) is 3.21. The van der Waals surface area contributed by atoms with Gasteiger partial charge in [-0.3, -0.25) is 0 Å². The van der Waals surface area contributed by atoms with E-state index in [1.54, 1.807) is 0 Å². The molecule has 1 aliphatic heterocycles. The summed E-state index contributed by atoms with van der Waals surface area (Å²) in [6.07, 6.45) is 1.32. The van der Waals surface area contributed by atoms with Crippen molar-refractivity contribution in [2.45, 2.75) is 26.1 Å². The van der Waals surface area contributed by atoms with Crippen molar-refractivity contribution in [3.8, 4) is 0 Å². The van der Waals surface area contributed by atoms with Gasteiger partial charge in [-0.2, -0.15) is 0 Å². The van der Waals surface area contributed by atoms with Gasteiger partial charge in [0.2, 0.25) is 0 Å². The van der Waals surface area contributed by atoms with Gasteiger partial charge in [-0.05, 0) is 47.0 Å². The van der Waals surface area contributed by atoms with Crippen molar-refractivity contribution >= 4 is 21.6 Å². The molecule has 0 amide bonds. The van der Waals surface area contributed by atoms with Gasteiger partial charge in [0.25, 0.3) is 0 Å². The Bertz CT molecular complexity index is 384. The third-order valence-electron chi connectivity index (χ3n) is 2.99. The monoisotopic (exact) mass is 299 g/mol. The molecule has 1 fully saturated rings. The molecular weight excluding hydrogens is 282 g/mol. The van der Waals surface area contributed by atoms with E-state index < -0.39 is 0 Å². The highest BCUT2D eigenvalue weighted by atomic mass is 79.9. The molecule has 1 atom stereocenters. The van der Waals surface area contributed by atoms with Crippen LogP contribution in [0.2, 0.25) is 0 Å². The second-order valence-electron chi connectivity index (χ2n) is 4.42. The summed E-state index contributed by atoms with van der Waals surface area (Å²) in [5, 5.41) is 9.10. The van der Waals surface area contributed by atoms with Gasteiger partial charge in [0, 0.05) is 24.2 Å². The zero-order valence-corrected chi connectivity index (χ0v) is 11.6. The first-order valence-corrected chi connectivity index (χ1v) is 6.76. The van der Waals surface area contributed by atoms with Crippen molar-refractivity contribution in [1.29, 1.82) is 0 Å². The fourth-order valence-electron chi connectivity index (χ4n) is 2.12. The van der Waals surface area contributed by atoms with E-state index in [2.05, 4.69) is 33.8 Å². The van der Waals surface area contributed by atoms with Crippen LogP contribution in [-0.4, -0.2) is 30.9 Å². The standard InChI is InChI=1S/C13H18BrNO2/c1-10-8-15(5-2-6-17-10)13-4-3-11(9-16)7-12(13)14/h3-4,7,10,16H,2,5-6,8-9H2,1H3. The van der Waals surface area contributed by atoms with Crippen molar-refractivity contribution in [1.82, 2.24) is 0 Å². The molecular formula is C13H18BrNO2. The summed E-state index contributed by atoms with van der Waals surface area (Å²) in [5.41, 5.74) is 2.11. The number of halogens is 1. The van der Waals surface area contributed by atoms with Gasteiger partial charge in [-0.25, -0.2) is 0 Å². The Morgan fingerprint density at radius 1 is 1.53 bits per heavy atom. The van der Waals surface area contributed by atoms with Gasteiger partial charge in [-0.1, -0.05) is 6.07 Å². The number of benzene rings is 1. The minimum absolute atomic E-state index is 0.0817. The zero-order valence-electron chi connectivity index (χ0n) is 10.0. The van der Waals surface area contributed by atoms with E-state index in [-0.39, 0.29) is 12.7 Å². The lowest BCUT2D eigenvalue weighted by Gasteiger charge is -2.25. The molecule has 2 rings (SSSR count). The summed E-state index contributed by atoms with van der Waals surface area (Å²) in [5.74, 6) is 0. The van der Waals surface area contributed by atoms with Crippen LogP contribution in [0.25, 0.3) is 0 Å². The van der Waals surface area contributed by atoms with Crippen molar-refractivity contribution < 1.29 is 9.84 Å². The first-order valence-electron chi connectivity index (χ1n) is 5.96. The van der Waals surface area contributed by atoms with E-state index >= 15 is 0 Å². The first-order chi connectivity index (χ1) is 8.20. The molecule has 1 unspecified atom stereocenters. The number of nitrogens with zero attached hydrogens (tertiary/aromatic N) is 1. The Hall–Kier alpha value is -0.580. The predicted octanol–water partition coefficient (Wildman–Crippen LogP) is 2.56. The van der Waals surface area contributed by atoms with E-state index in [0.29, 0.717) is 0 Å². The third-order valence-corrected chi connectivity index (χ3v) is 3.62. The molecule has 0 aromatic heterocycles. The fourth-order valence-corrected chi connectivity index (χ4v) is 2.80. The molecule has 1 aromatic rings. The molecule has 0 radical (unpaired) electrons. The Balaban J connectivity index is 2.20. The van der Waals surface area contributed by atoms with E-state index in [4.69, 9.17) is 9.84 Å². The van der Waals surface area contributed by atoms with Crippen LogP contribution in [0, 0.1) is 0 Å². The molecule has 0 aliphatic carbocycles. The average molecular weight is 300 g/mol. The minimum atomic E-state index is 0.0817. The number of aliphatic hydroxyl groups excluding tert-OH is 1. The number of aliphatic hydroxyl groups is 1. The number of rotatable bonds is 2. The van der Waals surface area contributed by atoms with Crippen LogP contribution < -0.4 is 4.90 Å². The highest BCUT2D eigenvalue weighted by molar-refractivity contribution is 9.10. The summed E-state index contributed by atoms with van der Waals surface area (Å²) >= 11 is 3.58. The van der Waals surface area contributed by atoms with Crippen LogP contribution >= 0.6 is 15.9 Å². The molecule has 0 spiro atoms. The zero-order chi connectivity index (χ0) is 12.3. The topological polar surface area (TPSA) is 32.7 Å². The molecule has 1 heterocycles. The molecule has 1 aliphatic rings. The largest absolute Gasteiger partial charge is 0.392 e. The number of ether oxygens (including phenoxy) is 1. The molecule has 1 N–H and O–H groups in total. The highest BCUT2D eigenvalue weighted by Gasteiger charge is 2.17. The Morgan fingerprint density at radius 2 is 2.35 bits per heavy atom. The number of hydrogen-bond donors (Lipinski definition) is 1. The number of hydrogen-bond acceptors (Lipinski definition) is 3. The molecule has 94 valence electrons. The van der Waals surface area contributed by atoms with Crippen LogP contribution in [0.4, 0.5) is 5.69 Å². The van der Waals surface area contributed by atoms with Crippen molar-refractivity contribution in [2.24, 2.45) is 0 Å². The molecule has 1 saturated heterocycles. The lowest BCUT2D eigenvalue weighted by atomic mass is 10.2. The van der Waals surface area contributed by atoms with E-state index in [9.17, 15) is 0 Å². The van der Waals surface area contributed by atoms with Gasteiger partial charge in [0.05, 0.1) is 18.4 Å². The maximum atomic E-state index is 9.10. The maximum Gasteiger partial charge on any atom is 0.0721 e. The lowest BCUT2D eigenvalue weighted by Crippen LogP contribution is -2.30. The second-order valence-corrected chi connectivity index (χ2v) is 5.28. The van der Waals surface area contributed by atoms with Crippen LogP contribution in [0.5, 0.6) is 0 Å². The summed E-state index contributed by atoms with van der Waals surface area (Å²) in [7, 11) is 0. The molecule has 3 nitrogen and oxygen atoms in total. The van der Waals surface area contributed by atoms with Gasteiger partial charge in [-0.15, -0.1) is 0 Å². The van der Waals surface area contributed by atoms with Crippen molar-refractivity contribution in [2.75, 3.05) is 24.6 Å². The van der Waals surface area contributed by atoms with Crippen LogP contribution in [0.3, 0.4) is 0 Å². The Morgan fingerprint density at radius 3 is 3.06 bits per heavy atom. The normalized spacial score (nSPS) is 21.4. The van der Waals surface area contributed by atoms with Crippen molar-refractivity contribution in [3.05, 3.63) is 28.2 Å². The van der Waals surface area contributed by atoms with E-state index in [1.807, 2.05) is 12.1 Å². The first kappa shape index (κ1) is 12.9. The fraction of sp³-hybridized carbons (Fsp3) is 0.538. The second kappa shape index (κ2) is 5.85. The molecule has 4 heteroatoms. The highest BCUT2D eigenvalue weighted by Crippen LogP contribution is 2.28. The van der Waals surface area contributed by atoms with E-state index in [0.717, 1.165) is 36.2 Å². The summed E-state index contributed by atoms with van der Waals surface area (Å²) in [6, 6.07) is 6.01. The van der Waals surface area contributed by atoms with Crippen LogP contribution in [0.1, 0.15) is 18.9 Å². The predicted molar refractivity (Wildman–Crippen MR) is 72.3 cm³/mol. The summed E-state index contributed by atoms with van der Waals surface area (Å²) in [6.45, 7) is 4.95. The van der Waals surface area contributed by atoms with E-state index in [1.165, 1.54) is 5.69 Å². The van der Waals surface area contributed by atoms with Crippen LogP contribution in [0.15, 0.2) is 22.7 Å². The molecule has 0 bridgehead atoms.